The van der Waals surface area contributed by atoms with E-state index in [-0.39, 0.29) is 0 Å². The quantitative estimate of drug-likeness (QED) is 0.552. The molecular formula is C7H13N5. The van der Waals surface area contributed by atoms with Crippen LogP contribution in [0.1, 0.15) is 0 Å². The van der Waals surface area contributed by atoms with Gasteiger partial charge in [-0.25, -0.2) is 0 Å². The van der Waals surface area contributed by atoms with Gasteiger partial charge in [-0.2, -0.15) is 0 Å². The van der Waals surface area contributed by atoms with Gasteiger partial charge in [-0.1, -0.05) is 0 Å². The summed E-state index contributed by atoms with van der Waals surface area (Å²) in [6, 6.07) is 0. The van der Waals surface area contributed by atoms with Crippen LogP contribution in [-0.2, 0) is 0 Å². The number of hydrogen-bond donors (Lipinski definition) is 0. The third-order valence-electron chi connectivity index (χ3n) is 2.09. The zero-order valence-corrected chi connectivity index (χ0v) is 7.22. The van der Waals surface area contributed by atoms with Crippen molar-refractivity contribution in [2.24, 2.45) is 9.98 Å². The number of nitrogens with zero attached hydrogens (tertiary/aromatic N) is 5. The molecule has 2 rings (SSSR count). The summed E-state index contributed by atoms with van der Waals surface area (Å²) in [5, 5.41) is 6.21. The Hall–Kier alpha value is -1.10. The third kappa shape index (κ3) is 1.27. The molecule has 0 amide bonds. The highest BCUT2D eigenvalue weighted by Gasteiger charge is 2.17. The largest absolute Gasteiger partial charge is 0.276 e. The van der Waals surface area contributed by atoms with Crippen molar-refractivity contribution >= 4 is 12.7 Å². The van der Waals surface area contributed by atoms with E-state index in [4.69, 9.17) is 0 Å². The fraction of sp³-hybridized carbons (Fsp3) is 0.714. The molecule has 0 atom stereocenters. The minimum Gasteiger partial charge on any atom is -0.276 e. The number of hydrazine groups is 2. The molecular weight excluding hydrogens is 154 g/mol. The lowest BCUT2D eigenvalue weighted by molar-refractivity contribution is -0.0594. The summed E-state index contributed by atoms with van der Waals surface area (Å²) in [7, 11) is 2.02. The Bertz CT molecular complexity index is 190. The van der Waals surface area contributed by atoms with Crippen LogP contribution in [0.3, 0.4) is 0 Å². The molecule has 0 saturated carbocycles. The molecule has 0 saturated heterocycles. The van der Waals surface area contributed by atoms with Crippen molar-refractivity contribution in [2.45, 2.75) is 0 Å². The molecule has 66 valence electrons. The Morgan fingerprint density at radius 3 is 1.92 bits per heavy atom. The Kier molecular flexibility index (Phi) is 1.95. The summed E-state index contributed by atoms with van der Waals surface area (Å²) in [5.41, 5.74) is 0. The van der Waals surface area contributed by atoms with Crippen LogP contribution in [0.25, 0.3) is 0 Å². The maximum atomic E-state index is 4.15. The third-order valence-corrected chi connectivity index (χ3v) is 2.09. The Morgan fingerprint density at radius 1 is 1.08 bits per heavy atom. The van der Waals surface area contributed by atoms with E-state index in [2.05, 4.69) is 20.0 Å². The lowest BCUT2D eigenvalue weighted by Crippen LogP contribution is -2.48. The zero-order chi connectivity index (χ0) is 8.39. The van der Waals surface area contributed by atoms with Gasteiger partial charge in [0.2, 0.25) is 0 Å². The second kappa shape index (κ2) is 3.10. The minimum absolute atomic E-state index is 0.898. The van der Waals surface area contributed by atoms with E-state index in [0.29, 0.717) is 0 Å². The van der Waals surface area contributed by atoms with Crippen molar-refractivity contribution in [3.8, 4) is 0 Å². The number of aliphatic imine (C=N–C) groups is 2. The highest BCUT2D eigenvalue weighted by molar-refractivity contribution is 5.59. The molecule has 2 aliphatic rings. The van der Waals surface area contributed by atoms with Gasteiger partial charge in [-0.15, -0.1) is 5.12 Å². The van der Waals surface area contributed by atoms with Gasteiger partial charge in [0.25, 0.3) is 0 Å². The first kappa shape index (κ1) is 7.54. The molecule has 0 unspecified atom stereocenters. The lowest BCUT2D eigenvalue weighted by Gasteiger charge is -2.33. The molecule has 0 aliphatic carbocycles. The number of hydrogen-bond acceptors (Lipinski definition) is 5. The van der Waals surface area contributed by atoms with Crippen molar-refractivity contribution < 1.29 is 0 Å². The molecule has 5 nitrogen and oxygen atoms in total. The van der Waals surface area contributed by atoms with Crippen molar-refractivity contribution in [1.82, 2.24) is 15.1 Å². The molecule has 0 fully saturated rings. The summed E-state index contributed by atoms with van der Waals surface area (Å²) < 4.78 is 0. The van der Waals surface area contributed by atoms with Crippen LogP contribution in [0, 0.1) is 0 Å². The average molecular weight is 167 g/mol. The normalized spacial score (nSPS) is 21.8. The van der Waals surface area contributed by atoms with E-state index in [9.17, 15) is 0 Å². The molecule has 0 spiro atoms. The van der Waals surface area contributed by atoms with Gasteiger partial charge in [-0.3, -0.25) is 20.0 Å². The van der Waals surface area contributed by atoms with Gasteiger partial charge >= 0.3 is 0 Å². The molecule has 0 bridgehead atoms. The van der Waals surface area contributed by atoms with Crippen molar-refractivity contribution in [1.29, 1.82) is 0 Å². The molecule has 2 heterocycles. The van der Waals surface area contributed by atoms with Crippen LogP contribution in [0.15, 0.2) is 9.98 Å². The molecule has 0 radical (unpaired) electrons. The van der Waals surface area contributed by atoms with E-state index in [1.54, 1.807) is 0 Å². The Labute approximate surface area is 71.9 Å². The summed E-state index contributed by atoms with van der Waals surface area (Å²) in [5.74, 6) is 0. The summed E-state index contributed by atoms with van der Waals surface area (Å²) in [6.07, 6.45) is 3.73. The van der Waals surface area contributed by atoms with Crippen LogP contribution >= 0.6 is 0 Å². The first-order chi connectivity index (χ1) is 5.88. The van der Waals surface area contributed by atoms with Gasteiger partial charge in [-0.05, 0) is 0 Å². The topological polar surface area (TPSA) is 34.4 Å². The molecule has 12 heavy (non-hydrogen) atoms. The highest BCUT2D eigenvalue weighted by atomic mass is 15.9. The fourth-order valence-corrected chi connectivity index (χ4v) is 1.33. The maximum Gasteiger partial charge on any atom is 0.101 e. The Morgan fingerprint density at radius 2 is 1.58 bits per heavy atom. The summed E-state index contributed by atoms with van der Waals surface area (Å²) in [4.78, 5) is 8.29. The smallest absolute Gasteiger partial charge is 0.101 e. The zero-order valence-electron chi connectivity index (χ0n) is 7.22. The van der Waals surface area contributed by atoms with Gasteiger partial charge in [0.05, 0.1) is 26.2 Å². The van der Waals surface area contributed by atoms with E-state index in [0.717, 1.165) is 26.2 Å². The average Bonchev–Trinajstić information content (AvgIpc) is 2.77. The van der Waals surface area contributed by atoms with E-state index >= 15 is 0 Å². The summed E-state index contributed by atoms with van der Waals surface area (Å²) >= 11 is 0. The first-order valence-corrected chi connectivity index (χ1v) is 4.14. The van der Waals surface area contributed by atoms with E-state index < -0.39 is 0 Å². The van der Waals surface area contributed by atoms with Gasteiger partial charge < -0.3 is 0 Å². The lowest BCUT2D eigenvalue weighted by atomic mass is 10.6. The predicted molar refractivity (Wildman–Crippen MR) is 47.9 cm³/mol. The second-order valence-corrected chi connectivity index (χ2v) is 2.86. The van der Waals surface area contributed by atoms with Gasteiger partial charge in [0.1, 0.15) is 12.7 Å². The first-order valence-electron chi connectivity index (χ1n) is 4.14. The van der Waals surface area contributed by atoms with Crippen LogP contribution in [0.2, 0.25) is 0 Å². The molecule has 0 aromatic rings. The molecule has 0 aromatic carbocycles. The standard InChI is InChI=1S/C7H13N5/c1-10(11-4-2-8-6-11)12-5-3-9-7-12/h6-7H,2-5H2,1H3. The van der Waals surface area contributed by atoms with Crippen molar-refractivity contribution in [2.75, 3.05) is 33.2 Å². The summed E-state index contributed by atoms with van der Waals surface area (Å²) in [6.45, 7) is 3.74. The van der Waals surface area contributed by atoms with Crippen LogP contribution in [-0.4, -0.2) is 61.0 Å². The molecule has 0 aromatic heterocycles. The SMILES string of the molecule is CN(N1C=NCC1)N1C=NCC1. The Balaban J connectivity index is 1.94. The van der Waals surface area contributed by atoms with Gasteiger partial charge in [0.15, 0.2) is 0 Å². The molecule has 0 N–H and O–H groups in total. The molecule has 2 aliphatic heterocycles. The van der Waals surface area contributed by atoms with Crippen LogP contribution in [0.4, 0.5) is 0 Å². The highest BCUT2D eigenvalue weighted by Crippen LogP contribution is 2.03. The second-order valence-electron chi connectivity index (χ2n) is 2.86. The van der Waals surface area contributed by atoms with Crippen molar-refractivity contribution in [3.05, 3.63) is 0 Å². The van der Waals surface area contributed by atoms with Crippen LogP contribution in [0.5, 0.6) is 0 Å². The fourth-order valence-electron chi connectivity index (χ4n) is 1.33. The monoisotopic (exact) mass is 167 g/mol. The minimum atomic E-state index is 0.898. The van der Waals surface area contributed by atoms with E-state index in [1.165, 1.54) is 0 Å². The molecule has 5 heteroatoms. The maximum absolute atomic E-state index is 4.15. The van der Waals surface area contributed by atoms with Crippen LogP contribution < -0.4 is 0 Å². The predicted octanol–water partition coefficient (Wildman–Crippen LogP) is -0.564. The van der Waals surface area contributed by atoms with E-state index in [1.807, 2.05) is 24.8 Å². The van der Waals surface area contributed by atoms with Crippen molar-refractivity contribution in [3.63, 3.8) is 0 Å². The van der Waals surface area contributed by atoms with Gasteiger partial charge in [0, 0.05) is 7.05 Å². The number of rotatable bonds is 2.